The number of halogens is 1. The third-order valence-electron chi connectivity index (χ3n) is 5.51. The van der Waals surface area contributed by atoms with E-state index in [0.29, 0.717) is 6.54 Å². The summed E-state index contributed by atoms with van der Waals surface area (Å²) in [5, 5.41) is 9.57. The van der Waals surface area contributed by atoms with Crippen molar-refractivity contribution in [1.82, 2.24) is 4.90 Å². The van der Waals surface area contributed by atoms with E-state index in [-0.39, 0.29) is 12.0 Å². The van der Waals surface area contributed by atoms with Crippen LogP contribution < -0.4 is 4.74 Å². The highest BCUT2D eigenvalue weighted by atomic mass is 79.9. The number of hydrogen-bond donors (Lipinski definition) is 1. The molecule has 0 amide bonds. The zero-order valence-electron chi connectivity index (χ0n) is 16.6. The average Bonchev–Trinajstić information content (AvgIpc) is 2.77. The Kier molecular flexibility index (Phi) is 6.50. The van der Waals surface area contributed by atoms with Gasteiger partial charge in [0.1, 0.15) is 11.5 Å². The number of piperidine rings is 1. The minimum atomic E-state index is -0.713. The second kappa shape index (κ2) is 9.45. The van der Waals surface area contributed by atoms with E-state index in [1.165, 1.54) is 0 Å². The number of benzene rings is 3. The Bertz CT molecular complexity index is 991. The van der Waals surface area contributed by atoms with Crippen LogP contribution in [-0.4, -0.2) is 29.1 Å². The Balaban J connectivity index is 1.68. The Morgan fingerprint density at radius 1 is 0.967 bits per heavy atom. The number of carboxylic acid groups (broad SMARTS) is 1. The Morgan fingerprint density at radius 3 is 2.43 bits per heavy atom. The summed E-state index contributed by atoms with van der Waals surface area (Å²) in [6.07, 6.45) is 1.61. The normalized spacial score (nSPS) is 18.0. The van der Waals surface area contributed by atoms with Gasteiger partial charge in [0.15, 0.2) is 0 Å². The van der Waals surface area contributed by atoms with Crippen LogP contribution >= 0.6 is 15.9 Å². The lowest BCUT2D eigenvalue weighted by Gasteiger charge is -2.37. The molecular formula is C25H24BrNO3. The second-order valence-electron chi connectivity index (χ2n) is 7.61. The Morgan fingerprint density at radius 2 is 1.70 bits per heavy atom. The first-order chi connectivity index (χ1) is 14.6. The number of likely N-dealkylation sites (tertiary alicyclic amines) is 1. The summed E-state index contributed by atoms with van der Waals surface area (Å²) in [5.74, 6) is 0.516. The number of ether oxygens (including phenoxy) is 1. The number of rotatable bonds is 6. The smallest absolute Gasteiger partial charge is 0.307 e. The maximum absolute atomic E-state index is 11.6. The molecule has 0 aromatic heterocycles. The van der Waals surface area contributed by atoms with Crippen molar-refractivity contribution in [1.29, 1.82) is 0 Å². The van der Waals surface area contributed by atoms with Gasteiger partial charge in [0, 0.05) is 11.0 Å². The molecule has 0 radical (unpaired) electrons. The van der Waals surface area contributed by atoms with Crippen LogP contribution in [0.4, 0.5) is 0 Å². The van der Waals surface area contributed by atoms with Gasteiger partial charge < -0.3 is 9.84 Å². The van der Waals surface area contributed by atoms with Crippen molar-refractivity contribution in [3.8, 4) is 11.5 Å². The van der Waals surface area contributed by atoms with Crippen molar-refractivity contribution in [2.24, 2.45) is 5.92 Å². The third kappa shape index (κ3) is 4.91. The predicted octanol–water partition coefficient (Wildman–Crippen LogP) is 6.13. The molecule has 0 bridgehead atoms. The largest absolute Gasteiger partial charge is 0.481 e. The van der Waals surface area contributed by atoms with Gasteiger partial charge in [-0.25, -0.2) is 0 Å². The van der Waals surface area contributed by atoms with E-state index in [1.807, 2.05) is 54.6 Å². The standard InChI is InChI=1S/C25H24BrNO3/c26-21-13-11-18(12-14-21)24(27-15-5-7-20(17-27)25(28)29)19-6-4-10-23(16-19)30-22-8-2-1-3-9-22/h1-4,6,8-14,16,20,24H,5,7,15,17H2,(H,28,29). The SMILES string of the molecule is O=C(O)C1CCCN(C(c2ccc(Br)cc2)c2cccc(Oc3ccccc3)c2)C1. The molecule has 4 nitrogen and oxygen atoms in total. The first-order valence-electron chi connectivity index (χ1n) is 10.2. The van der Waals surface area contributed by atoms with E-state index in [2.05, 4.69) is 45.1 Å². The highest BCUT2D eigenvalue weighted by Gasteiger charge is 2.31. The molecule has 1 N–H and O–H groups in total. The van der Waals surface area contributed by atoms with E-state index in [9.17, 15) is 9.90 Å². The van der Waals surface area contributed by atoms with Crippen molar-refractivity contribution < 1.29 is 14.6 Å². The van der Waals surface area contributed by atoms with E-state index in [4.69, 9.17) is 4.74 Å². The van der Waals surface area contributed by atoms with Gasteiger partial charge in [-0.1, -0.05) is 58.4 Å². The van der Waals surface area contributed by atoms with Gasteiger partial charge in [0.05, 0.1) is 12.0 Å². The number of carboxylic acids is 1. The molecule has 3 aromatic carbocycles. The van der Waals surface area contributed by atoms with E-state index < -0.39 is 5.97 Å². The topological polar surface area (TPSA) is 49.8 Å². The highest BCUT2D eigenvalue weighted by molar-refractivity contribution is 9.10. The number of hydrogen-bond acceptors (Lipinski definition) is 3. The molecule has 1 heterocycles. The van der Waals surface area contributed by atoms with E-state index in [1.54, 1.807) is 0 Å². The van der Waals surface area contributed by atoms with Gasteiger partial charge in [-0.2, -0.15) is 0 Å². The molecule has 0 spiro atoms. The first kappa shape index (κ1) is 20.6. The van der Waals surface area contributed by atoms with Crippen molar-refractivity contribution >= 4 is 21.9 Å². The van der Waals surface area contributed by atoms with E-state index in [0.717, 1.165) is 46.5 Å². The molecule has 3 aromatic rings. The molecule has 4 rings (SSSR count). The average molecular weight is 466 g/mol. The fourth-order valence-corrected chi connectivity index (χ4v) is 4.34. The fraction of sp³-hybridized carbons (Fsp3) is 0.240. The highest BCUT2D eigenvalue weighted by Crippen LogP contribution is 2.35. The van der Waals surface area contributed by atoms with Gasteiger partial charge in [-0.15, -0.1) is 0 Å². The predicted molar refractivity (Wildman–Crippen MR) is 121 cm³/mol. The monoisotopic (exact) mass is 465 g/mol. The maximum Gasteiger partial charge on any atom is 0.307 e. The molecule has 0 saturated carbocycles. The summed E-state index contributed by atoms with van der Waals surface area (Å²) in [6.45, 7) is 1.41. The lowest BCUT2D eigenvalue weighted by atomic mass is 9.91. The lowest BCUT2D eigenvalue weighted by Crippen LogP contribution is -2.41. The van der Waals surface area contributed by atoms with Gasteiger partial charge in [0.2, 0.25) is 0 Å². The van der Waals surface area contributed by atoms with Crippen molar-refractivity contribution in [3.63, 3.8) is 0 Å². The van der Waals surface area contributed by atoms with Crippen molar-refractivity contribution in [2.75, 3.05) is 13.1 Å². The second-order valence-corrected chi connectivity index (χ2v) is 8.53. The summed E-state index contributed by atoms with van der Waals surface area (Å²) < 4.78 is 7.07. The minimum absolute atomic E-state index is 0.0282. The van der Waals surface area contributed by atoms with E-state index >= 15 is 0 Å². The Labute approximate surface area is 185 Å². The molecule has 1 aliphatic heterocycles. The molecule has 1 fully saturated rings. The zero-order valence-corrected chi connectivity index (χ0v) is 18.2. The molecule has 2 unspecified atom stereocenters. The van der Waals surface area contributed by atoms with Gasteiger partial charge >= 0.3 is 5.97 Å². The molecule has 5 heteroatoms. The summed E-state index contributed by atoms with van der Waals surface area (Å²) in [7, 11) is 0. The van der Waals surface area contributed by atoms with Crippen LogP contribution in [-0.2, 0) is 4.79 Å². The Hall–Kier alpha value is -2.63. The van der Waals surface area contributed by atoms with Crippen molar-refractivity contribution in [3.05, 3.63) is 94.5 Å². The minimum Gasteiger partial charge on any atom is -0.481 e. The molecule has 154 valence electrons. The van der Waals surface area contributed by atoms with Crippen LogP contribution in [0.2, 0.25) is 0 Å². The third-order valence-corrected chi connectivity index (χ3v) is 6.03. The van der Waals surface area contributed by atoms with Crippen LogP contribution in [0, 0.1) is 5.92 Å². The van der Waals surface area contributed by atoms with Gasteiger partial charge in [-0.3, -0.25) is 9.69 Å². The summed E-state index contributed by atoms with van der Waals surface area (Å²) >= 11 is 3.51. The van der Waals surface area contributed by atoms with Crippen molar-refractivity contribution in [2.45, 2.75) is 18.9 Å². The quantitative estimate of drug-likeness (QED) is 0.475. The van der Waals surface area contributed by atoms with Crippen LogP contribution in [0.15, 0.2) is 83.3 Å². The molecule has 0 aliphatic carbocycles. The van der Waals surface area contributed by atoms with Crippen LogP contribution in [0.5, 0.6) is 11.5 Å². The summed E-state index contributed by atoms with van der Waals surface area (Å²) in [6, 6.07) is 26.1. The lowest BCUT2D eigenvalue weighted by molar-refractivity contribution is -0.143. The maximum atomic E-state index is 11.6. The number of nitrogens with zero attached hydrogens (tertiary/aromatic N) is 1. The van der Waals surface area contributed by atoms with Gasteiger partial charge in [-0.05, 0) is 66.9 Å². The number of carbonyl (C=O) groups is 1. The van der Waals surface area contributed by atoms with Crippen LogP contribution in [0.25, 0.3) is 0 Å². The summed E-state index contributed by atoms with van der Waals surface area (Å²) in [5.41, 5.74) is 2.23. The van der Waals surface area contributed by atoms with Crippen LogP contribution in [0.3, 0.4) is 0 Å². The molecule has 1 aliphatic rings. The first-order valence-corrected chi connectivity index (χ1v) is 10.9. The zero-order chi connectivity index (χ0) is 20.9. The fourth-order valence-electron chi connectivity index (χ4n) is 4.07. The molecule has 1 saturated heterocycles. The van der Waals surface area contributed by atoms with Crippen LogP contribution in [0.1, 0.15) is 30.0 Å². The number of aliphatic carboxylic acids is 1. The molecule has 2 atom stereocenters. The molecule has 30 heavy (non-hydrogen) atoms. The summed E-state index contributed by atoms with van der Waals surface area (Å²) in [4.78, 5) is 13.9. The number of para-hydroxylation sites is 1. The molecular weight excluding hydrogens is 442 g/mol. The van der Waals surface area contributed by atoms with Gasteiger partial charge in [0.25, 0.3) is 0 Å².